The summed E-state index contributed by atoms with van der Waals surface area (Å²) in [6, 6.07) is 20.5. The van der Waals surface area contributed by atoms with Crippen LogP contribution >= 0.6 is 23.2 Å². The van der Waals surface area contributed by atoms with E-state index < -0.39 is 5.82 Å². The van der Waals surface area contributed by atoms with E-state index in [1.54, 1.807) is 59.3 Å². The maximum atomic E-state index is 14.1. The minimum Gasteiger partial charge on any atom is -0.489 e. The largest absolute Gasteiger partial charge is 0.489 e. The summed E-state index contributed by atoms with van der Waals surface area (Å²) < 4.78 is 21.4. The van der Waals surface area contributed by atoms with Crippen molar-refractivity contribution < 1.29 is 13.9 Å². The Morgan fingerprint density at radius 3 is 2.48 bits per heavy atom. The maximum Gasteiger partial charge on any atom is 0.256 e. The predicted molar refractivity (Wildman–Crippen MR) is 128 cm³/mol. The molecule has 0 saturated carbocycles. The Bertz CT molecular complexity index is 1250. The normalized spacial score (nSPS) is 10.8. The van der Waals surface area contributed by atoms with Gasteiger partial charge in [0.15, 0.2) is 5.82 Å². The highest BCUT2D eigenvalue weighted by Crippen LogP contribution is 2.22. The molecular weight excluding hydrogens is 464 g/mol. The van der Waals surface area contributed by atoms with Crippen LogP contribution in [-0.2, 0) is 13.2 Å². The van der Waals surface area contributed by atoms with Crippen molar-refractivity contribution in [3.05, 3.63) is 111 Å². The van der Waals surface area contributed by atoms with Crippen molar-refractivity contribution in [2.24, 2.45) is 0 Å². The van der Waals surface area contributed by atoms with E-state index >= 15 is 0 Å². The number of aromatic nitrogens is 2. The number of carbonyl (C=O) groups is 1. The summed E-state index contributed by atoms with van der Waals surface area (Å²) in [6.45, 7) is 2.36. The van der Waals surface area contributed by atoms with Crippen molar-refractivity contribution in [2.75, 3.05) is 5.32 Å². The first-order chi connectivity index (χ1) is 15.9. The lowest BCUT2D eigenvalue weighted by Gasteiger charge is -2.08. The van der Waals surface area contributed by atoms with Gasteiger partial charge in [-0.3, -0.25) is 9.48 Å². The first kappa shape index (κ1) is 22.8. The van der Waals surface area contributed by atoms with E-state index in [-0.39, 0.29) is 12.5 Å². The monoisotopic (exact) mass is 483 g/mol. The molecule has 0 aliphatic rings. The Morgan fingerprint density at radius 1 is 1.06 bits per heavy atom. The van der Waals surface area contributed by atoms with Gasteiger partial charge in [-0.1, -0.05) is 41.4 Å². The molecule has 0 unspecified atom stereocenters. The van der Waals surface area contributed by atoms with Crippen LogP contribution in [0, 0.1) is 12.7 Å². The minimum absolute atomic E-state index is 0.162. The van der Waals surface area contributed by atoms with Crippen LogP contribution in [0.4, 0.5) is 10.2 Å². The molecule has 1 amide bonds. The molecule has 0 atom stereocenters. The van der Waals surface area contributed by atoms with Gasteiger partial charge in [0.05, 0.1) is 6.54 Å². The van der Waals surface area contributed by atoms with Crippen LogP contribution in [0.1, 0.15) is 27.2 Å². The predicted octanol–water partition coefficient (Wildman–Crippen LogP) is 6.52. The van der Waals surface area contributed by atoms with E-state index in [0.717, 1.165) is 11.3 Å². The van der Waals surface area contributed by atoms with Crippen molar-refractivity contribution >= 4 is 34.9 Å². The van der Waals surface area contributed by atoms with Crippen LogP contribution in [0.5, 0.6) is 5.75 Å². The SMILES string of the molecule is Cc1cc(NC(=O)c2ccc(COc3ccc(Cl)cc3)cc2)nn1Cc1c(F)cccc1Cl. The number of rotatable bonds is 7. The minimum atomic E-state index is -0.400. The molecule has 1 heterocycles. The number of nitrogens with zero attached hydrogens (tertiary/aromatic N) is 2. The van der Waals surface area contributed by atoms with Crippen molar-refractivity contribution in [2.45, 2.75) is 20.1 Å². The second-order valence-corrected chi connectivity index (χ2v) is 8.27. The van der Waals surface area contributed by atoms with Crippen molar-refractivity contribution in [3.8, 4) is 5.75 Å². The van der Waals surface area contributed by atoms with Crippen LogP contribution in [0.2, 0.25) is 10.0 Å². The highest BCUT2D eigenvalue weighted by molar-refractivity contribution is 6.31. The van der Waals surface area contributed by atoms with Gasteiger partial charge in [-0.25, -0.2) is 4.39 Å². The zero-order valence-electron chi connectivity index (χ0n) is 17.7. The summed E-state index contributed by atoms with van der Waals surface area (Å²) in [5.41, 5.74) is 2.51. The van der Waals surface area contributed by atoms with Gasteiger partial charge >= 0.3 is 0 Å². The second-order valence-electron chi connectivity index (χ2n) is 7.42. The number of benzene rings is 3. The summed E-state index contributed by atoms with van der Waals surface area (Å²) >= 11 is 12.0. The Balaban J connectivity index is 1.38. The first-order valence-electron chi connectivity index (χ1n) is 10.1. The fourth-order valence-corrected chi connectivity index (χ4v) is 3.55. The fraction of sp³-hybridized carbons (Fsp3) is 0.120. The second kappa shape index (κ2) is 10.1. The molecule has 0 radical (unpaired) electrons. The number of hydrogen-bond acceptors (Lipinski definition) is 3. The van der Waals surface area contributed by atoms with Gasteiger partial charge in [-0.05, 0) is 61.0 Å². The average Bonchev–Trinajstić information content (AvgIpc) is 3.14. The third-order valence-corrected chi connectivity index (χ3v) is 5.63. The van der Waals surface area contributed by atoms with Crippen molar-refractivity contribution in [3.63, 3.8) is 0 Å². The molecule has 0 aliphatic carbocycles. The molecule has 1 aromatic heterocycles. The number of aryl methyl sites for hydroxylation is 1. The topological polar surface area (TPSA) is 56.1 Å². The highest BCUT2D eigenvalue weighted by Gasteiger charge is 2.13. The summed E-state index contributed by atoms with van der Waals surface area (Å²) in [5.74, 6) is 0.390. The van der Waals surface area contributed by atoms with Gasteiger partial charge in [-0.2, -0.15) is 5.10 Å². The molecule has 0 saturated heterocycles. The van der Waals surface area contributed by atoms with E-state index in [0.29, 0.717) is 39.3 Å². The molecule has 0 aliphatic heterocycles. The standard InChI is InChI=1S/C25H20Cl2FN3O2/c1-16-13-24(30-31(16)14-21-22(27)3-2-4-23(21)28)29-25(32)18-7-5-17(6-8-18)15-33-20-11-9-19(26)10-12-20/h2-13H,14-15H2,1H3,(H,29,30,32). The molecular formula is C25H20Cl2FN3O2. The maximum absolute atomic E-state index is 14.1. The molecule has 0 bridgehead atoms. The van der Waals surface area contributed by atoms with E-state index in [2.05, 4.69) is 10.4 Å². The molecule has 0 fully saturated rings. The molecule has 4 aromatic rings. The molecule has 4 rings (SSSR count). The Kier molecular flexibility index (Phi) is 6.96. The van der Waals surface area contributed by atoms with E-state index in [1.165, 1.54) is 6.07 Å². The smallest absolute Gasteiger partial charge is 0.256 e. The molecule has 8 heteroatoms. The van der Waals surface area contributed by atoms with Crippen molar-refractivity contribution in [1.82, 2.24) is 9.78 Å². The van der Waals surface area contributed by atoms with Crippen molar-refractivity contribution in [1.29, 1.82) is 0 Å². The third-order valence-electron chi connectivity index (χ3n) is 5.03. The molecule has 3 aromatic carbocycles. The number of carbonyl (C=O) groups excluding carboxylic acids is 1. The summed E-state index contributed by atoms with van der Waals surface area (Å²) in [7, 11) is 0. The number of hydrogen-bond donors (Lipinski definition) is 1. The Hall–Kier alpha value is -3.35. The fourth-order valence-electron chi connectivity index (χ4n) is 3.20. The van der Waals surface area contributed by atoms with Crippen LogP contribution in [0.15, 0.2) is 72.8 Å². The van der Waals surface area contributed by atoms with Gasteiger partial charge in [0, 0.05) is 32.9 Å². The van der Waals surface area contributed by atoms with Gasteiger partial charge in [0.2, 0.25) is 0 Å². The first-order valence-corrected chi connectivity index (χ1v) is 10.9. The summed E-state index contributed by atoms with van der Waals surface area (Å²) in [6.07, 6.45) is 0. The lowest BCUT2D eigenvalue weighted by molar-refractivity contribution is 0.102. The van der Waals surface area contributed by atoms with Gasteiger partial charge in [0.25, 0.3) is 5.91 Å². The van der Waals surface area contributed by atoms with Gasteiger partial charge in [-0.15, -0.1) is 0 Å². The van der Waals surface area contributed by atoms with E-state index in [1.807, 2.05) is 19.1 Å². The van der Waals surface area contributed by atoms with Crippen LogP contribution < -0.4 is 10.1 Å². The number of ether oxygens (including phenoxy) is 1. The average molecular weight is 484 g/mol. The van der Waals surface area contributed by atoms with Crippen LogP contribution in [-0.4, -0.2) is 15.7 Å². The number of halogens is 3. The number of amides is 1. The zero-order chi connectivity index (χ0) is 23.4. The lowest BCUT2D eigenvalue weighted by Crippen LogP contribution is -2.13. The lowest BCUT2D eigenvalue weighted by atomic mass is 10.1. The Labute approximate surface area is 200 Å². The van der Waals surface area contributed by atoms with Gasteiger partial charge < -0.3 is 10.1 Å². The van der Waals surface area contributed by atoms with Gasteiger partial charge in [0.1, 0.15) is 18.2 Å². The van der Waals surface area contributed by atoms with Crippen LogP contribution in [0.25, 0.3) is 0 Å². The Morgan fingerprint density at radius 2 is 1.79 bits per heavy atom. The summed E-state index contributed by atoms with van der Waals surface area (Å²) in [5, 5.41) is 8.12. The van der Waals surface area contributed by atoms with E-state index in [4.69, 9.17) is 27.9 Å². The molecule has 33 heavy (non-hydrogen) atoms. The number of anilines is 1. The molecule has 0 spiro atoms. The van der Waals surface area contributed by atoms with E-state index in [9.17, 15) is 9.18 Å². The molecule has 5 nitrogen and oxygen atoms in total. The quantitative estimate of drug-likeness (QED) is 0.325. The number of nitrogens with one attached hydrogen (secondary N) is 1. The summed E-state index contributed by atoms with van der Waals surface area (Å²) in [4.78, 5) is 12.6. The highest BCUT2D eigenvalue weighted by atomic mass is 35.5. The molecule has 1 N–H and O–H groups in total. The molecule has 168 valence electrons. The third kappa shape index (κ3) is 5.72. The van der Waals surface area contributed by atoms with Crippen LogP contribution in [0.3, 0.4) is 0 Å². The zero-order valence-corrected chi connectivity index (χ0v) is 19.2.